The summed E-state index contributed by atoms with van der Waals surface area (Å²) in [5.74, 6) is -0.163. The molecule has 0 heterocycles. The lowest BCUT2D eigenvalue weighted by atomic mass is 10.1. The van der Waals surface area contributed by atoms with Crippen LogP contribution in [-0.2, 0) is 16.5 Å². The number of nitrogens with zero attached hydrogens (tertiary/aromatic N) is 1. The molecule has 0 bridgehead atoms. The quantitative estimate of drug-likeness (QED) is 0.375. The van der Waals surface area contributed by atoms with Gasteiger partial charge >= 0.3 is 10.1 Å². The maximum Gasteiger partial charge on any atom is 0.339 e. The van der Waals surface area contributed by atoms with Crippen molar-refractivity contribution in [3.63, 3.8) is 0 Å². The van der Waals surface area contributed by atoms with Crippen molar-refractivity contribution >= 4 is 21.5 Å². The smallest absolute Gasteiger partial charge is 0.339 e. The van der Waals surface area contributed by atoms with E-state index in [4.69, 9.17) is 9.92 Å². The lowest BCUT2D eigenvalue weighted by molar-refractivity contribution is -0.383. The van der Waals surface area contributed by atoms with Crippen molar-refractivity contribution in [1.29, 1.82) is 0 Å². The van der Waals surface area contributed by atoms with Gasteiger partial charge in [0, 0.05) is 0 Å². The third-order valence-corrected chi connectivity index (χ3v) is 4.42. The predicted molar refractivity (Wildman–Crippen MR) is 85.8 cm³/mol. The highest BCUT2D eigenvalue weighted by Crippen LogP contribution is 2.28. The van der Waals surface area contributed by atoms with Crippen LogP contribution in [0.25, 0.3) is 0 Å². The van der Waals surface area contributed by atoms with Gasteiger partial charge < -0.3 is 9.92 Å². The molecule has 2 N–H and O–H groups in total. The molecule has 0 saturated heterocycles. The Kier molecular flexibility index (Phi) is 4.85. The lowest BCUT2D eigenvalue weighted by Crippen LogP contribution is -2.10. The first-order chi connectivity index (χ1) is 10.8. The van der Waals surface area contributed by atoms with E-state index in [-0.39, 0.29) is 16.3 Å². The molecule has 0 aliphatic heterocycles. The number of nitro groups is 1. The number of hydrogen-bond acceptors (Lipinski definition) is 6. The Morgan fingerprint density at radius 1 is 1.17 bits per heavy atom. The van der Waals surface area contributed by atoms with Crippen LogP contribution in [0, 0.1) is 10.1 Å². The second-order valence-corrected chi connectivity index (χ2v) is 6.46. The molecule has 0 spiro atoms. The van der Waals surface area contributed by atoms with Gasteiger partial charge in [-0.1, -0.05) is 25.5 Å². The van der Waals surface area contributed by atoms with E-state index in [9.17, 15) is 18.5 Å². The van der Waals surface area contributed by atoms with Gasteiger partial charge in [-0.3, -0.25) is 10.1 Å². The SMILES string of the molecule is CCCc1ccc(S(=O)(=O)Oc2ccc(N)c([N+](=O)[O-])c2)cc1. The summed E-state index contributed by atoms with van der Waals surface area (Å²) in [5.41, 5.74) is 6.01. The second-order valence-electron chi connectivity index (χ2n) is 4.91. The Morgan fingerprint density at radius 2 is 1.83 bits per heavy atom. The molecule has 0 fully saturated rings. The van der Waals surface area contributed by atoms with Crippen LogP contribution >= 0.6 is 0 Å². The Balaban J connectivity index is 2.27. The number of nitro benzene ring substituents is 1. The van der Waals surface area contributed by atoms with Gasteiger partial charge in [0.25, 0.3) is 5.69 Å². The molecule has 0 aliphatic rings. The van der Waals surface area contributed by atoms with Crippen LogP contribution in [0.15, 0.2) is 47.4 Å². The molecule has 0 aliphatic carbocycles. The van der Waals surface area contributed by atoms with Gasteiger partial charge in [-0.2, -0.15) is 8.42 Å². The zero-order valence-electron chi connectivity index (χ0n) is 12.4. The maximum atomic E-state index is 12.2. The van der Waals surface area contributed by atoms with Gasteiger partial charge in [-0.15, -0.1) is 0 Å². The molecule has 0 saturated carbocycles. The van der Waals surface area contributed by atoms with Crippen molar-refractivity contribution in [2.24, 2.45) is 0 Å². The van der Waals surface area contributed by atoms with Crippen LogP contribution in [0.2, 0.25) is 0 Å². The molecule has 0 radical (unpaired) electrons. The minimum Gasteiger partial charge on any atom is -0.393 e. The van der Waals surface area contributed by atoms with Gasteiger partial charge in [0.2, 0.25) is 0 Å². The van der Waals surface area contributed by atoms with Gasteiger partial charge in [0.05, 0.1) is 11.0 Å². The standard InChI is InChI=1S/C15H16N2O5S/c1-2-3-11-4-7-13(8-5-11)23(20,21)22-12-6-9-14(16)15(10-12)17(18)19/h4-10H,2-3,16H2,1H3. The fourth-order valence-corrected chi connectivity index (χ4v) is 2.94. The first-order valence-corrected chi connectivity index (χ1v) is 8.31. The number of benzene rings is 2. The van der Waals surface area contributed by atoms with Crippen LogP contribution < -0.4 is 9.92 Å². The number of nitrogen functional groups attached to an aromatic ring is 1. The molecule has 0 aromatic heterocycles. The van der Waals surface area contributed by atoms with Crippen LogP contribution in [0.4, 0.5) is 11.4 Å². The van der Waals surface area contributed by atoms with E-state index in [2.05, 4.69) is 0 Å². The van der Waals surface area contributed by atoms with Gasteiger partial charge in [-0.05, 0) is 36.2 Å². The molecule has 2 aromatic carbocycles. The number of rotatable bonds is 6. The molecule has 0 unspecified atom stereocenters. The molecule has 2 rings (SSSR count). The minimum absolute atomic E-state index is 0.0168. The van der Waals surface area contributed by atoms with E-state index in [1.165, 1.54) is 24.3 Å². The highest BCUT2D eigenvalue weighted by atomic mass is 32.2. The summed E-state index contributed by atoms with van der Waals surface area (Å²) in [6.07, 6.45) is 1.81. The van der Waals surface area contributed by atoms with E-state index in [0.717, 1.165) is 24.5 Å². The topological polar surface area (TPSA) is 113 Å². The maximum absolute atomic E-state index is 12.2. The monoisotopic (exact) mass is 336 g/mol. The summed E-state index contributed by atoms with van der Waals surface area (Å²) in [4.78, 5) is 10.1. The molecule has 23 heavy (non-hydrogen) atoms. The Bertz CT molecular complexity index is 816. The molecular weight excluding hydrogens is 320 g/mol. The molecule has 0 amide bonds. The highest BCUT2D eigenvalue weighted by molar-refractivity contribution is 7.87. The van der Waals surface area contributed by atoms with Gasteiger partial charge in [-0.25, -0.2) is 0 Å². The molecular formula is C15H16N2O5S. The van der Waals surface area contributed by atoms with Crippen molar-refractivity contribution in [3.8, 4) is 5.75 Å². The normalized spacial score (nSPS) is 11.2. The predicted octanol–water partition coefficient (Wildman–Crippen LogP) is 2.90. The van der Waals surface area contributed by atoms with E-state index in [1.807, 2.05) is 6.92 Å². The van der Waals surface area contributed by atoms with Crippen molar-refractivity contribution in [2.75, 3.05) is 5.73 Å². The van der Waals surface area contributed by atoms with Crippen LogP contribution in [0.3, 0.4) is 0 Å². The molecule has 122 valence electrons. The van der Waals surface area contributed by atoms with Crippen molar-refractivity contribution < 1.29 is 17.5 Å². The zero-order chi connectivity index (χ0) is 17.0. The average molecular weight is 336 g/mol. The zero-order valence-corrected chi connectivity index (χ0v) is 13.2. The van der Waals surface area contributed by atoms with E-state index < -0.39 is 20.7 Å². The molecule has 2 aromatic rings. The summed E-state index contributed by atoms with van der Waals surface area (Å²) in [6, 6.07) is 9.81. The number of nitrogens with two attached hydrogens (primary N) is 1. The first kappa shape index (κ1) is 16.8. The van der Waals surface area contributed by atoms with Crippen molar-refractivity contribution in [3.05, 3.63) is 58.1 Å². The molecule has 7 nitrogen and oxygen atoms in total. The summed E-state index contributed by atoms with van der Waals surface area (Å²) in [7, 11) is -4.06. The van der Waals surface area contributed by atoms with Crippen molar-refractivity contribution in [2.45, 2.75) is 24.7 Å². The average Bonchev–Trinajstić information content (AvgIpc) is 2.49. The van der Waals surface area contributed by atoms with Crippen LogP contribution in [-0.4, -0.2) is 13.3 Å². The second kappa shape index (κ2) is 6.66. The third kappa shape index (κ3) is 3.98. The van der Waals surface area contributed by atoms with Gasteiger partial charge in [0.15, 0.2) is 0 Å². The summed E-state index contributed by atoms with van der Waals surface area (Å²) in [5, 5.41) is 10.8. The van der Waals surface area contributed by atoms with Crippen LogP contribution in [0.5, 0.6) is 5.75 Å². The Hall–Kier alpha value is -2.61. The Labute approximate surface area is 134 Å². The third-order valence-electron chi connectivity index (χ3n) is 3.16. The largest absolute Gasteiger partial charge is 0.393 e. The minimum atomic E-state index is -4.06. The Morgan fingerprint density at radius 3 is 2.39 bits per heavy atom. The first-order valence-electron chi connectivity index (χ1n) is 6.91. The molecule has 8 heteroatoms. The van der Waals surface area contributed by atoms with Crippen LogP contribution in [0.1, 0.15) is 18.9 Å². The highest BCUT2D eigenvalue weighted by Gasteiger charge is 2.19. The number of anilines is 1. The fourth-order valence-electron chi connectivity index (χ4n) is 2.02. The summed E-state index contributed by atoms with van der Waals surface area (Å²) < 4.78 is 29.4. The van der Waals surface area contributed by atoms with E-state index >= 15 is 0 Å². The number of hydrogen-bond donors (Lipinski definition) is 1. The lowest BCUT2D eigenvalue weighted by Gasteiger charge is -2.08. The summed E-state index contributed by atoms with van der Waals surface area (Å²) in [6.45, 7) is 2.03. The molecule has 0 atom stereocenters. The summed E-state index contributed by atoms with van der Waals surface area (Å²) >= 11 is 0. The van der Waals surface area contributed by atoms with Gasteiger partial charge in [0.1, 0.15) is 16.3 Å². The fraction of sp³-hybridized carbons (Fsp3) is 0.200. The number of aryl methyl sites for hydroxylation is 1. The van der Waals surface area contributed by atoms with E-state index in [0.29, 0.717) is 0 Å². The van der Waals surface area contributed by atoms with E-state index in [1.54, 1.807) is 12.1 Å². The van der Waals surface area contributed by atoms with Crippen molar-refractivity contribution in [1.82, 2.24) is 0 Å².